The standard InChI is InChI=1S/C11H13N5O5/c1-5(17)6-4-16(11(20)14-10(6)19)9-2-7(18)8(21-9)3-13-15-12/h4,7-9,18H,2-3H2,1H3,(H,14,19,20)/t7-,8+,9+/m0/s1. The van der Waals surface area contributed by atoms with Crippen molar-refractivity contribution in [2.45, 2.75) is 31.8 Å². The summed E-state index contributed by atoms with van der Waals surface area (Å²) in [6, 6.07) is 0. The third kappa shape index (κ3) is 3.02. The van der Waals surface area contributed by atoms with Crippen molar-refractivity contribution in [1.29, 1.82) is 0 Å². The van der Waals surface area contributed by atoms with Crippen LogP contribution in [0.25, 0.3) is 10.4 Å². The van der Waals surface area contributed by atoms with E-state index < -0.39 is 35.5 Å². The number of aliphatic hydroxyl groups is 1. The molecule has 2 rings (SSSR count). The smallest absolute Gasteiger partial charge is 0.330 e. The van der Waals surface area contributed by atoms with Crippen LogP contribution < -0.4 is 11.2 Å². The first-order valence-electron chi connectivity index (χ1n) is 6.14. The number of ketones is 1. The molecule has 0 saturated carbocycles. The lowest BCUT2D eigenvalue weighted by Crippen LogP contribution is -2.35. The summed E-state index contributed by atoms with van der Waals surface area (Å²) in [5, 5.41) is 13.1. The average Bonchev–Trinajstić information content (AvgIpc) is 2.77. The van der Waals surface area contributed by atoms with Crippen molar-refractivity contribution in [3.05, 3.63) is 43.0 Å². The minimum Gasteiger partial charge on any atom is -0.390 e. The number of aromatic amines is 1. The van der Waals surface area contributed by atoms with Crippen molar-refractivity contribution in [3.63, 3.8) is 0 Å². The summed E-state index contributed by atoms with van der Waals surface area (Å²) in [7, 11) is 0. The first-order chi connectivity index (χ1) is 9.93. The number of rotatable bonds is 4. The quantitative estimate of drug-likeness (QED) is 0.338. The van der Waals surface area contributed by atoms with E-state index in [2.05, 4.69) is 10.0 Å². The van der Waals surface area contributed by atoms with E-state index in [0.717, 1.165) is 10.8 Å². The third-order valence-electron chi connectivity index (χ3n) is 3.19. The second-order valence-electron chi connectivity index (χ2n) is 4.61. The maximum absolute atomic E-state index is 11.8. The van der Waals surface area contributed by atoms with Gasteiger partial charge in [-0.3, -0.25) is 19.1 Å². The number of Topliss-reactive ketones (excluding diaryl/α,β-unsaturated/α-hetero) is 1. The van der Waals surface area contributed by atoms with E-state index in [4.69, 9.17) is 10.3 Å². The molecular weight excluding hydrogens is 282 g/mol. The molecule has 1 aliphatic rings. The van der Waals surface area contributed by atoms with E-state index in [1.165, 1.54) is 6.92 Å². The van der Waals surface area contributed by atoms with Gasteiger partial charge in [0.2, 0.25) is 0 Å². The highest BCUT2D eigenvalue weighted by molar-refractivity contribution is 5.93. The summed E-state index contributed by atoms with van der Waals surface area (Å²) in [5.41, 5.74) is 6.57. The molecule has 0 bridgehead atoms. The van der Waals surface area contributed by atoms with E-state index in [9.17, 15) is 19.5 Å². The van der Waals surface area contributed by atoms with Crippen molar-refractivity contribution >= 4 is 5.78 Å². The van der Waals surface area contributed by atoms with Crippen molar-refractivity contribution in [3.8, 4) is 0 Å². The first-order valence-corrected chi connectivity index (χ1v) is 6.14. The second kappa shape index (κ2) is 5.92. The van der Waals surface area contributed by atoms with E-state index in [1.807, 2.05) is 4.98 Å². The molecule has 2 N–H and O–H groups in total. The highest BCUT2D eigenvalue weighted by atomic mass is 16.5. The number of carbonyl (C=O) groups excluding carboxylic acids is 1. The van der Waals surface area contributed by atoms with Crippen molar-refractivity contribution in [2.24, 2.45) is 5.11 Å². The van der Waals surface area contributed by atoms with E-state index in [1.54, 1.807) is 0 Å². The monoisotopic (exact) mass is 295 g/mol. The molecule has 0 aliphatic carbocycles. The Balaban J connectivity index is 2.33. The Labute approximate surface area is 117 Å². The van der Waals surface area contributed by atoms with Gasteiger partial charge in [-0.05, 0) is 12.5 Å². The topological polar surface area (TPSA) is 150 Å². The van der Waals surface area contributed by atoms with Crippen LogP contribution in [-0.2, 0) is 4.74 Å². The Morgan fingerprint density at radius 1 is 1.67 bits per heavy atom. The van der Waals surface area contributed by atoms with Gasteiger partial charge >= 0.3 is 5.69 Å². The lowest BCUT2D eigenvalue weighted by Gasteiger charge is -2.14. The zero-order chi connectivity index (χ0) is 15.6. The Kier molecular flexibility index (Phi) is 4.22. The molecule has 1 aromatic rings. The predicted molar refractivity (Wildman–Crippen MR) is 69.9 cm³/mol. The zero-order valence-corrected chi connectivity index (χ0v) is 11.1. The van der Waals surface area contributed by atoms with Crippen LogP contribution in [0.15, 0.2) is 20.9 Å². The Morgan fingerprint density at radius 3 is 3.00 bits per heavy atom. The molecule has 1 fully saturated rings. The molecule has 21 heavy (non-hydrogen) atoms. The van der Waals surface area contributed by atoms with E-state index in [-0.39, 0.29) is 18.5 Å². The number of aliphatic hydroxyl groups excluding tert-OH is 1. The predicted octanol–water partition coefficient (Wildman–Crippen LogP) is -0.302. The number of ether oxygens (including phenoxy) is 1. The van der Waals surface area contributed by atoms with Gasteiger partial charge in [-0.1, -0.05) is 5.11 Å². The summed E-state index contributed by atoms with van der Waals surface area (Å²) < 4.78 is 6.47. The molecule has 112 valence electrons. The van der Waals surface area contributed by atoms with Gasteiger partial charge in [0.25, 0.3) is 5.56 Å². The van der Waals surface area contributed by atoms with Gasteiger partial charge in [-0.2, -0.15) is 0 Å². The number of carbonyl (C=O) groups is 1. The van der Waals surface area contributed by atoms with Gasteiger partial charge in [0.15, 0.2) is 5.78 Å². The Morgan fingerprint density at radius 2 is 2.38 bits per heavy atom. The molecule has 3 atom stereocenters. The number of nitrogens with zero attached hydrogens (tertiary/aromatic N) is 4. The van der Waals surface area contributed by atoms with Gasteiger partial charge in [0.05, 0.1) is 24.3 Å². The Bertz CT molecular complexity index is 716. The number of azide groups is 1. The maximum Gasteiger partial charge on any atom is 0.330 e. The summed E-state index contributed by atoms with van der Waals surface area (Å²) in [6.45, 7) is 1.13. The average molecular weight is 295 g/mol. The lowest BCUT2D eigenvalue weighted by atomic mass is 10.2. The minimum absolute atomic E-state index is 0.0775. The molecule has 0 aromatic carbocycles. The molecule has 10 heteroatoms. The summed E-state index contributed by atoms with van der Waals surface area (Å²) >= 11 is 0. The molecule has 0 amide bonds. The summed E-state index contributed by atoms with van der Waals surface area (Å²) in [5.74, 6) is -0.492. The molecule has 0 radical (unpaired) electrons. The second-order valence-corrected chi connectivity index (χ2v) is 4.61. The van der Waals surface area contributed by atoms with Crippen LogP contribution in [0, 0.1) is 0 Å². The fourth-order valence-corrected chi connectivity index (χ4v) is 2.12. The number of nitrogens with one attached hydrogen (secondary N) is 1. The van der Waals surface area contributed by atoms with Crippen LogP contribution >= 0.6 is 0 Å². The van der Waals surface area contributed by atoms with Crippen molar-refractivity contribution in [2.75, 3.05) is 6.54 Å². The first kappa shape index (κ1) is 15.0. The molecule has 0 spiro atoms. The number of aromatic nitrogens is 2. The van der Waals surface area contributed by atoms with Crippen LogP contribution in [0.4, 0.5) is 0 Å². The van der Waals surface area contributed by atoms with Crippen LogP contribution in [-0.4, -0.2) is 39.2 Å². The van der Waals surface area contributed by atoms with E-state index >= 15 is 0 Å². The highest BCUT2D eigenvalue weighted by Crippen LogP contribution is 2.27. The van der Waals surface area contributed by atoms with Gasteiger partial charge in [-0.15, -0.1) is 0 Å². The molecule has 1 aliphatic heterocycles. The molecule has 10 nitrogen and oxygen atoms in total. The molecule has 2 heterocycles. The fraction of sp³-hybridized carbons (Fsp3) is 0.545. The van der Waals surface area contributed by atoms with Gasteiger partial charge < -0.3 is 9.84 Å². The number of H-pyrrole nitrogens is 1. The van der Waals surface area contributed by atoms with Crippen molar-refractivity contribution in [1.82, 2.24) is 9.55 Å². The van der Waals surface area contributed by atoms with Crippen LogP contribution in [0.1, 0.15) is 29.9 Å². The van der Waals surface area contributed by atoms with E-state index in [0.29, 0.717) is 0 Å². The zero-order valence-electron chi connectivity index (χ0n) is 11.1. The van der Waals surface area contributed by atoms with Crippen LogP contribution in [0.5, 0.6) is 0 Å². The minimum atomic E-state index is -0.917. The van der Waals surface area contributed by atoms with Crippen LogP contribution in [0.2, 0.25) is 0 Å². The van der Waals surface area contributed by atoms with Crippen LogP contribution in [0.3, 0.4) is 0 Å². The molecule has 1 aromatic heterocycles. The number of hydrogen-bond donors (Lipinski definition) is 2. The maximum atomic E-state index is 11.8. The highest BCUT2D eigenvalue weighted by Gasteiger charge is 2.35. The fourth-order valence-electron chi connectivity index (χ4n) is 2.12. The Hall–Kier alpha value is -2.42. The van der Waals surface area contributed by atoms with Crippen molar-refractivity contribution < 1.29 is 14.6 Å². The summed E-state index contributed by atoms with van der Waals surface area (Å²) in [4.78, 5) is 39.2. The normalized spacial score (nSPS) is 24.6. The van der Waals surface area contributed by atoms with Gasteiger partial charge in [-0.25, -0.2) is 4.79 Å². The molecule has 0 unspecified atom stereocenters. The van der Waals surface area contributed by atoms with Gasteiger partial charge in [0, 0.05) is 17.5 Å². The van der Waals surface area contributed by atoms with Gasteiger partial charge in [0.1, 0.15) is 6.23 Å². The molecular formula is C11H13N5O5. The lowest BCUT2D eigenvalue weighted by molar-refractivity contribution is -0.0151. The third-order valence-corrected chi connectivity index (χ3v) is 3.19. The largest absolute Gasteiger partial charge is 0.390 e. The molecule has 1 saturated heterocycles. The summed E-state index contributed by atoms with van der Waals surface area (Å²) in [6.07, 6.45) is -1.32. The SMILES string of the molecule is CC(=O)c1cn([C@H]2C[C@H](O)[C@@H](CN=[N+]=[N-])O2)c(=O)[nH]c1=O. The number of hydrogen-bond acceptors (Lipinski definition) is 6.